The Morgan fingerprint density at radius 3 is 1.92 bits per heavy atom. The van der Waals surface area contributed by atoms with Crippen molar-refractivity contribution in [1.82, 2.24) is 0 Å². The quantitative estimate of drug-likeness (QED) is 0.831. The van der Waals surface area contributed by atoms with Crippen LogP contribution >= 0.6 is 0 Å². The standard InChI is InChI=1S/C22H25NO/c24-22(20-12-4-1-5-13-20,21-14-6-2-7-15-21)16-8-11-19-23-17-9-3-10-18-23/h1-2,4-7,12-15,24H,3,9-11,17-19H2/p+1. The molecule has 0 unspecified atom stereocenters. The maximum absolute atomic E-state index is 11.3. The molecule has 0 atom stereocenters. The number of benzene rings is 2. The van der Waals surface area contributed by atoms with Gasteiger partial charge in [-0.25, -0.2) is 0 Å². The fourth-order valence-corrected chi connectivity index (χ4v) is 3.40. The number of likely N-dealkylation sites (tertiary alicyclic amines) is 1. The summed E-state index contributed by atoms with van der Waals surface area (Å²) >= 11 is 0. The Balaban J connectivity index is 1.77. The molecule has 2 heteroatoms. The minimum atomic E-state index is -1.24. The third kappa shape index (κ3) is 4.06. The number of hydrogen-bond donors (Lipinski definition) is 2. The molecule has 1 saturated heterocycles. The molecule has 0 bridgehead atoms. The highest BCUT2D eigenvalue weighted by molar-refractivity contribution is 5.44. The molecule has 2 N–H and O–H groups in total. The van der Waals surface area contributed by atoms with Gasteiger partial charge >= 0.3 is 0 Å². The van der Waals surface area contributed by atoms with Crippen molar-refractivity contribution in [3.8, 4) is 11.8 Å². The van der Waals surface area contributed by atoms with Crippen LogP contribution in [-0.2, 0) is 5.60 Å². The zero-order valence-corrected chi connectivity index (χ0v) is 14.2. The average molecular weight is 320 g/mol. The van der Waals surface area contributed by atoms with Crippen molar-refractivity contribution in [2.24, 2.45) is 0 Å². The summed E-state index contributed by atoms with van der Waals surface area (Å²) in [4.78, 5) is 1.65. The summed E-state index contributed by atoms with van der Waals surface area (Å²) in [5, 5.41) is 11.3. The van der Waals surface area contributed by atoms with Crippen molar-refractivity contribution in [3.05, 3.63) is 71.8 Å². The largest absolute Gasteiger partial charge is 0.369 e. The molecule has 24 heavy (non-hydrogen) atoms. The number of rotatable bonds is 4. The average Bonchev–Trinajstić information content (AvgIpc) is 2.67. The van der Waals surface area contributed by atoms with Crippen LogP contribution in [0.3, 0.4) is 0 Å². The van der Waals surface area contributed by atoms with Crippen LogP contribution in [0.5, 0.6) is 0 Å². The molecule has 1 aliphatic heterocycles. The van der Waals surface area contributed by atoms with Gasteiger partial charge in [0.25, 0.3) is 0 Å². The molecular formula is C22H26NO+. The third-order valence-electron chi connectivity index (χ3n) is 4.82. The van der Waals surface area contributed by atoms with Gasteiger partial charge in [0.2, 0.25) is 0 Å². The molecule has 2 aromatic rings. The molecule has 0 aliphatic carbocycles. The van der Waals surface area contributed by atoms with Crippen molar-refractivity contribution in [2.75, 3.05) is 19.6 Å². The number of piperidine rings is 1. The summed E-state index contributed by atoms with van der Waals surface area (Å²) < 4.78 is 0. The van der Waals surface area contributed by atoms with Crippen LogP contribution in [0, 0.1) is 11.8 Å². The lowest BCUT2D eigenvalue weighted by atomic mass is 9.87. The predicted octanol–water partition coefficient (Wildman–Crippen LogP) is 2.38. The van der Waals surface area contributed by atoms with E-state index >= 15 is 0 Å². The summed E-state index contributed by atoms with van der Waals surface area (Å²) in [5.41, 5.74) is 0.419. The summed E-state index contributed by atoms with van der Waals surface area (Å²) in [5.74, 6) is 6.41. The van der Waals surface area contributed by atoms with Crippen molar-refractivity contribution < 1.29 is 10.0 Å². The highest BCUT2D eigenvalue weighted by atomic mass is 16.3. The van der Waals surface area contributed by atoms with E-state index < -0.39 is 5.60 Å². The molecular weight excluding hydrogens is 294 g/mol. The smallest absolute Gasteiger partial charge is 0.176 e. The van der Waals surface area contributed by atoms with Gasteiger partial charge < -0.3 is 10.0 Å². The summed E-state index contributed by atoms with van der Waals surface area (Å²) in [6.07, 6.45) is 4.87. The number of aliphatic hydroxyl groups is 1. The van der Waals surface area contributed by atoms with E-state index in [1.54, 1.807) is 4.90 Å². The molecule has 0 radical (unpaired) electrons. The van der Waals surface area contributed by atoms with Crippen LogP contribution in [0.25, 0.3) is 0 Å². The highest BCUT2D eigenvalue weighted by Crippen LogP contribution is 2.28. The van der Waals surface area contributed by atoms with Gasteiger partial charge in [0.15, 0.2) is 5.60 Å². The predicted molar refractivity (Wildman–Crippen MR) is 97.7 cm³/mol. The zero-order chi connectivity index (χ0) is 16.7. The van der Waals surface area contributed by atoms with E-state index in [-0.39, 0.29) is 0 Å². The molecule has 1 fully saturated rings. The molecule has 0 amide bonds. The van der Waals surface area contributed by atoms with E-state index in [2.05, 4.69) is 11.8 Å². The lowest BCUT2D eigenvalue weighted by Gasteiger charge is -2.24. The molecule has 124 valence electrons. The van der Waals surface area contributed by atoms with Gasteiger partial charge in [-0.3, -0.25) is 0 Å². The molecule has 0 aromatic heterocycles. The molecule has 0 spiro atoms. The van der Waals surface area contributed by atoms with E-state index in [1.807, 2.05) is 60.7 Å². The summed E-state index contributed by atoms with van der Waals surface area (Å²) in [7, 11) is 0. The van der Waals surface area contributed by atoms with Crippen LogP contribution in [0.15, 0.2) is 60.7 Å². The van der Waals surface area contributed by atoms with E-state index in [4.69, 9.17) is 0 Å². The Hall–Kier alpha value is -2.08. The van der Waals surface area contributed by atoms with Crippen molar-refractivity contribution in [1.29, 1.82) is 0 Å². The maximum atomic E-state index is 11.3. The molecule has 2 aromatic carbocycles. The zero-order valence-electron chi connectivity index (χ0n) is 14.2. The monoisotopic (exact) mass is 320 g/mol. The fourth-order valence-electron chi connectivity index (χ4n) is 3.40. The summed E-state index contributed by atoms with van der Waals surface area (Å²) in [6, 6.07) is 19.5. The Kier molecular flexibility index (Phi) is 5.69. The first kappa shape index (κ1) is 16.8. The molecule has 1 heterocycles. The first-order valence-electron chi connectivity index (χ1n) is 8.96. The minimum Gasteiger partial charge on any atom is -0.369 e. The molecule has 2 nitrogen and oxygen atoms in total. The Bertz CT molecular complexity index is 639. The van der Waals surface area contributed by atoms with Crippen LogP contribution in [0.4, 0.5) is 0 Å². The molecule has 1 aliphatic rings. The number of nitrogens with one attached hydrogen (secondary N) is 1. The van der Waals surface area contributed by atoms with Gasteiger partial charge in [0.05, 0.1) is 26.1 Å². The first-order chi connectivity index (χ1) is 11.8. The fraction of sp³-hybridized carbons (Fsp3) is 0.364. The van der Waals surface area contributed by atoms with Gasteiger partial charge in [0, 0.05) is 11.1 Å². The van der Waals surface area contributed by atoms with Gasteiger partial charge in [-0.05, 0) is 19.3 Å². The second-order valence-corrected chi connectivity index (χ2v) is 6.55. The van der Waals surface area contributed by atoms with Crippen LogP contribution < -0.4 is 4.90 Å². The van der Waals surface area contributed by atoms with E-state index in [1.165, 1.54) is 32.4 Å². The SMILES string of the molecule is OC(C#CCC[NH+]1CCCCC1)(c1ccccc1)c1ccccc1. The van der Waals surface area contributed by atoms with Crippen LogP contribution in [0.2, 0.25) is 0 Å². The Morgan fingerprint density at radius 1 is 0.833 bits per heavy atom. The van der Waals surface area contributed by atoms with Crippen molar-refractivity contribution in [3.63, 3.8) is 0 Å². The van der Waals surface area contributed by atoms with Gasteiger partial charge in [-0.1, -0.05) is 72.5 Å². The van der Waals surface area contributed by atoms with Crippen molar-refractivity contribution in [2.45, 2.75) is 31.3 Å². The highest BCUT2D eigenvalue weighted by Gasteiger charge is 2.28. The second-order valence-electron chi connectivity index (χ2n) is 6.55. The second kappa shape index (κ2) is 8.15. The van der Waals surface area contributed by atoms with Gasteiger partial charge in [-0.2, -0.15) is 0 Å². The van der Waals surface area contributed by atoms with Crippen LogP contribution in [-0.4, -0.2) is 24.7 Å². The Labute approximate surface area is 145 Å². The van der Waals surface area contributed by atoms with Crippen LogP contribution in [0.1, 0.15) is 36.8 Å². The maximum Gasteiger partial charge on any atom is 0.176 e. The third-order valence-corrected chi connectivity index (χ3v) is 4.82. The minimum absolute atomic E-state index is 0.828. The number of quaternary nitrogens is 1. The summed E-state index contributed by atoms with van der Waals surface area (Å²) in [6.45, 7) is 3.61. The molecule has 0 saturated carbocycles. The topological polar surface area (TPSA) is 24.7 Å². The normalized spacial score (nSPS) is 15.5. The molecule has 3 rings (SSSR count). The van der Waals surface area contributed by atoms with Gasteiger partial charge in [-0.15, -0.1) is 0 Å². The Morgan fingerprint density at radius 2 is 1.38 bits per heavy atom. The van der Waals surface area contributed by atoms with Crippen molar-refractivity contribution >= 4 is 0 Å². The van der Waals surface area contributed by atoms with E-state index in [0.717, 1.165) is 24.1 Å². The van der Waals surface area contributed by atoms with Gasteiger partial charge in [0.1, 0.15) is 0 Å². The van der Waals surface area contributed by atoms with E-state index in [0.29, 0.717) is 0 Å². The van der Waals surface area contributed by atoms with E-state index in [9.17, 15) is 5.11 Å². The lowest BCUT2D eigenvalue weighted by Crippen LogP contribution is -3.12. The number of hydrogen-bond acceptors (Lipinski definition) is 1. The first-order valence-corrected chi connectivity index (χ1v) is 8.96. The lowest BCUT2D eigenvalue weighted by molar-refractivity contribution is -0.904.